The van der Waals surface area contributed by atoms with Gasteiger partial charge in [-0.1, -0.05) is 0 Å². The van der Waals surface area contributed by atoms with E-state index in [0.717, 1.165) is 11.4 Å². The molecule has 0 saturated carbocycles. The zero-order chi connectivity index (χ0) is 12.3. The van der Waals surface area contributed by atoms with Crippen LogP contribution < -0.4 is 0 Å². The van der Waals surface area contributed by atoms with Crippen LogP contribution in [0.3, 0.4) is 0 Å². The van der Waals surface area contributed by atoms with E-state index >= 15 is 0 Å². The van der Waals surface area contributed by atoms with Gasteiger partial charge in [0.05, 0.1) is 18.0 Å². The van der Waals surface area contributed by atoms with Crippen LogP contribution >= 0.6 is 0 Å². The number of H-pyrrole nitrogens is 1. The molecule has 0 aromatic carbocycles. The van der Waals surface area contributed by atoms with Crippen molar-refractivity contribution in [3.8, 4) is 11.4 Å². The average Bonchev–Trinajstić information content (AvgIpc) is 2.82. The maximum Gasteiger partial charge on any atom is 0.376 e. The number of aromatic amines is 1. The second kappa shape index (κ2) is 4.78. The van der Waals surface area contributed by atoms with Crippen molar-refractivity contribution in [1.82, 2.24) is 15.0 Å². The standard InChI is InChI=1S/C12H13N3O2/c1-3-17-12(16)11-14-8(2)7-10(15-11)9-5-4-6-13-9/h4-7,13H,3H2,1-2H3. The molecule has 0 aliphatic carbocycles. The van der Waals surface area contributed by atoms with Crippen molar-refractivity contribution in [2.75, 3.05) is 6.61 Å². The highest BCUT2D eigenvalue weighted by Gasteiger charge is 2.13. The second-order valence-electron chi connectivity index (χ2n) is 3.52. The Hall–Kier alpha value is -2.17. The Morgan fingerprint density at radius 2 is 2.29 bits per heavy atom. The minimum atomic E-state index is -0.496. The van der Waals surface area contributed by atoms with E-state index in [9.17, 15) is 4.79 Å². The first-order chi connectivity index (χ1) is 8.20. The van der Waals surface area contributed by atoms with Crippen LogP contribution in [0.2, 0.25) is 0 Å². The molecule has 0 amide bonds. The van der Waals surface area contributed by atoms with Crippen LogP contribution in [0.4, 0.5) is 0 Å². The molecule has 1 N–H and O–H groups in total. The van der Waals surface area contributed by atoms with E-state index in [4.69, 9.17) is 4.74 Å². The van der Waals surface area contributed by atoms with Gasteiger partial charge >= 0.3 is 5.97 Å². The zero-order valence-electron chi connectivity index (χ0n) is 9.73. The van der Waals surface area contributed by atoms with Gasteiger partial charge in [0.2, 0.25) is 5.82 Å². The first kappa shape index (κ1) is 11.3. The van der Waals surface area contributed by atoms with Crippen LogP contribution in [0.25, 0.3) is 11.4 Å². The van der Waals surface area contributed by atoms with Crippen molar-refractivity contribution in [3.05, 3.63) is 35.9 Å². The predicted molar refractivity (Wildman–Crippen MR) is 62.5 cm³/mol. The van der Waals surface area contributed by atoms with Gasteiger partial charge in [0.1, 0.15) is 0 Å². The molecule has 0 saturated heterocycles. The molecule has 0 fully saturated rings. The van der Waals surface area contributed by atoms with Crippen LogP contribution in [0, 0.1) is 6.92 Å². The quantitative estimate of drug-likeness (QED) is 0.820. The lowest BCUT2D eigenvalue weighted by molar-refractivity contribution is 0.0512. The molecular weight excluding hydrogens is 218 g/mol. The molecule has 17 heavy (non-hydrogen) atoms. The fourth-order valence-corrected chi connectivity index (χ4v) is 1.48. The number of aryl methyl sites for hydroxylation is 1. The molecule has 0 bridgehead atoms. The van der Waals surface area contributed by atoms with Gasteiger partial charge in [0, 0.05) is 11.9 Å². The smallest absolute Gasteiger partial charge is 0.376 e. The van der Waals surface area contributed by atoms with Crippen LogP contribution in [0.1, 0.15) is 23.2 Å². The molecule has 2 rings (SSSR count). The van der Waals surface area contributed by atoms with Crippen LogP contribution in [0.5, 0.6) is 0 Å². The van der Waals surface area contributed by atoms with Crippen molar-refractivity contribution >= 4 is 5.97 Å². The fourth-order valence-electron chi connectivity index (χ4n) is 1.48. The predicted octanol–water partition coefficient (Wildman–Crippen LogP) is 1.96. The Labute approximate surface area is 98.9 Å². The molecule has 0 aliphatic heterocycles. The number of esters is 1. The highest BCUT2D eigenvalue weighted by molar-refractivity contribution is 5.85. The number of rotatable bonds is 3. The molecule has 0 aliphatic rings. The van der Waals surface area contributed by atoms with Crippen molar-refractivity contribution in [2.24, 2.45) is 0 Å². The summed E-state index contributed by atoms with van der Waals surface area (Å²) in [6, 6.07) is 5.57. The highest BCUT2D eigenvalue weighted by Crippen LogP contribution is 2.15. The fraction of sp³-hybridized carbons (Fsp3) is 0.250. The van der Waals surface area contributed by atoms with E-state index in [1.807, 2.05) is 25.1 Å². The summed E-state index contributed by atoms with van der Waals surface area (Å²) in [6.07, 6.45) is 1.80. The molecule has 2 aromatic rings. The van der Waals surface area contributed by atoms with Gasteiger partial charge in [-0.2, -0.15) is 0 Å². The van der Waals surface area contributed by atoms with E-state index in [2.05, 4.69) is 15.0 Å². The number of nitrogens with one attached hydrogen (secondary N) is 1. The third kappa shape index (κ3) is 2.50. The summed E-state index contributed by atoms with van der Waals surface area (Å²) < 4.78 is 4.88. The van der Waals surface area contributed by atoms with Crippen LogP contribution in [0.15, 0.2) is 24.4 Å². The normalized spacial score (nSPS) is 10.2. The zero-order valence-corrected chi connectivity index (χ0v) is 9.73. The Balaban J connectivity index is 2.39. The van der Waals surface area contributed by atoms with Gasteiger partial charge in [-0.05, 0) is 32.0 Å². The molecule has 5 heteroatoms. The summed E-state index contributed by atoms with van der Waals surface area (Å²) in [5.74, 6) is -0.402. The maximum atomic E-state index is 11.6. The van der Waals surface area contributed by atoms with Crippen LogP contribution in [-0.4, -0.2) is 27.5 Å². The summed E-state index contributed by atoms with van der Waals surface area (Å²) in [5, 5.41) is 0. The molecule has 0 unspecified atom stereocenters. The lowest BCUT2D eigenvalue weighted by Gasteiger charge is -2.04. The lowest BCUT2D eigenvalue weighted by atomic mass is 10.2. The minimum Gasteiger partial charge on any atom is -0.460 e. The SMILES string of the molecule is CCOC(=O)c1nc(C)cc(-c2ccc[nH]2)n1. The van der Waals surface area contributed by atoms with Crippen molar-refractivity contribution < 1.29 is 9.53 Å². The van der Waals surface area contributed by atoms with Crippen molar-refractivity contribution in [3.63, 3.8) is 0 Å². The first-order valence-corrected chi connectivity index (χ1v) is 5.37. The molecule has 2 aromatic heterocycles. The topological polar surface area (TPSA) is 67.9 Å². The third-order valence-corrected chi connectivity index (χ3v) is 2.19. The Bertz CT molecular complexity index is 521. The Kier molecular flexibility index (Phi) is 3.18. The molecule has 0 radical (unpaired) electrons. The van der Waals surface area contributed by atoms with Gasteiger partial charge in [-0.3, -0.25) is 0 Å². The van der Waals surface area contributed by atoms with Crippen molar-refractivity contribution in [1.29, 1.82) is 0 Å². The minimum absolute atomic E-state index is 0.0939. The van der Waals surface area contributed by atoms with Crippen LogP contribution in [-0.2, 0) is 4.74 Å². The summed E-state index contributed by atoms with van der Waals surface area (Å²) in [6.45, 7) is 3.88. The van der Waals surface area contributed by atoms with Gasteiger partial charge in [-0.25, -0.2) is 14.8 Å². The number of carbonyl (C=O) groups excluding carboxylic acids is 1. The van der Waals surface area contributed by atoms with Gasteiger partial charge < -0.3 is 9.72 Å². The summed E-state index contributed by atoms with van der Waals surface area (Å²) >= 11 is 0. The molecule has 5 nitrogen and oxygen atoms in total. The molecular formula is C12H13N3O2. The highest BCUT2D eigenvalue weighted by atomic mass is 16.5. The lowest BCUT2D eigenvalue weighted by Crippen LogP contribution is -2.11. The Morgan fingerprint density at radius 1 is 1.47 bits per heavy atom. The van der Waals surface area contributed by atoms with E-state index in [0.29, 0.717) is 12.3 Å². The third-order valence-electron chi connectivity index (χ3n) is 2.19. The Morgan fingerprint density at radius 3 is 2.94 bits per heavy atom. The van der Waals surface area contributed by atoms with E-state index in [-0.39, 0.29) is 5.82 Å². The van der Waals surface area contributed by atoms with Gasteiger partial charge in [0.15, 0.2) is 0 Å². The molecule has 0 spiro atoms. The van der Waals surface area contributed by atoms with Gasteiger partial charge in [-0.15, -0.1) is 0 Å². The molecule has 0 atom stereocenters. The second-order valence-corrected chi connectivity index (χ2v) is 3.52. The number of hydrogen-bond donors (Lipinski definition) is 1. The summed E-state index contributed by atoms with van der Waals surface area (Å²) in [4.78, 5) is 22.8. The van der Waals surface area contributed by atoms with Crippen molar-refractivity contribution in [2.45, 2.75) is 13.8 Å². The average molecular weight is 231 g/mol. The number of carbonyl (C=O) groups is 1. The summed E-state index contributed by atoms with van der Waals surface area (Å²) in [5.41, 5.74) is 2.26. The maximum absolute atomic E-state index is 11.6. The number of aromatic nitrogens is 3. The molecule has 88 valence electrons. The van der Waals surface area contributed by atoms with E-state index < -0.39 is 5.97 Å². The number of hydrogen-bond acceptors (Lipinski definition) is 4. The molecule has 2 heterocycles. The largest absolute Gasteiger partial charge is 0.460 e. The first-order valence-electron chi connectivity index (χ1n) is 5.37. The van der Waals surface area contributed by atoms with E-state index in [1.165, 1.54) is 0 Å². The number of nitrogens with zero attached hydrogens (tertiary/aromatic N) is 2. The monoisotopic (exact) mass is 231 g/mol. The van der Waals surface area contributed by atoms with E-state index in [1.54, 1.807) is 13.1 Å². The van der Waals surface area contributed by atoms with Gasteiger partial charge in [0.25, 0.3) is 0 Å². The number of ether oxygens (including phenoxy) is 1. The summed E-state index contributed by atoms with van der Waals surface area (Å²) in [7, 11) is 0.